The molecule has 3 aromatic carbocycles. The maximum atomic E-state index is 15.4. The topological polar surface area (TPSA) is 105 Å². The first-order valence-electron chi connectivity index (χ1n) is 16.5. The fourth-order valence-corrected chi connectivity index (χ4v) is 6.84. The van der Waals surface area contributed by atoms with Gasteiger partial charge in [-0.15, -0.1) is 0 Å². The average Bonchev–Trinajstić information content (AvgIpc) is 3.88. The summed E-state index contributed by atoms with van der Waals surface area (Å²) in [6.07, 6.45) is 5.06. The summed E-state index contributed by atoms with van der Waals surface area (Å²) in [6.45, 7) is 7.24. The number of rotatable bonds is 11. The average molecular weight is 724 g/mol. The van der Waals surface area contributed by atoms with Crippen LogP contribution in [0.5, 0.6) is 5.75 Å². The van der Waals surface area contributed by atoms with Gasteiger partial charge in [0.1, 0.15) is 37.1 Å². The number of nitrogens with zero attached hydrogens (tertiary/aromatic N) is 8. The highest BCUT2D eigenvalue weighted by Crippen LogP contribution is 2.40. The van der Waals surface area contributed by atoms with Crippen LogP contribution in [0.1, 0.15) is 31.9 Å². The lowest BCUT2D eigenvalue weighted by Crippen LogP contribution is -2.46. The van der Waals surface area contributed by atoms with Gasteiger partial charge in [0.2, 0.25) is 5.79 Å². The summed E-state index contributed by atoms with van der Waals surface area (Å²) in [5.74, 6) is -1.23. The van der Waals surface area contributed by atoms with Gasteiger partial charge in [-0.25, -0.2) is 18.4 Å². The first-order valence-corrected chi connectivity index (χ1v) is 17.3. The van der Waals surface area contributed by atoms with Gasteiger partial charge < -0.3 is 24.0 Å². The van der Waals surface area contributed by atoms with Crippen molar-refractivity contribution in [1.82, 2.24) is 29.3 Å². The van der Waals surface area contributed by atoms with E-state index in [1.807, 2.05) is 43.0 Å². The molecule has 2 aromatic heterocycles. The minimum Gasteiger partial charge on any atom is -0.491 e. The number of hydrogen-bond acceptors (Lipinski definition) is 9. The quantitative estimate of drug-likeness (QED) is 0.169. The summed E-state index contributed by atoms with van der Waals surface area (Å²) in [6, 6.07) is 17.9. The molecule has 15 heteroatoms. The maximum Gasteiger partial charge on any atom is 0.350 e. The third-order valence-electron chi connectivity index (χ3n) is 9.19. The molecule has 7 rings (SSSR count). The fraction of sp³-hybridized carbons (Fsp3) is 0.371. The highest BCUT2D eigenvalue weighted by atomic mass is 35.5. The normalized spacial score (nSPS) is 20.0. The van der Waals surface area contributed by atoms with Crippen LogP contribution in [0.2, 0.25) is 10.0 Å². The first-order chi connectivity index (χ1) is 24.2. The fourth-order valence-electron chi connectivity index (χ4n) is 6.29. The van der Waals surface area contributed by atoms with E-state index in [1.54, 1.807) is 53.6 Å². The first kappa shape index (κ1) is 34.0. The Morgan fingerprint density at radius 3 is 2.38 bits per heavy atom. The van der Waals surface area contributed by atoms with Crippen LogP contribution in [-0.4, -0.2) is 74.8 Å². The minimum atomic E-state index is -1.26. The predicted octanol–water partition coefficient (Wildman–Crippen LogP) is 5.72. The van der Waals surface area contributed by atoms with Crippen molar-refractivity contribution >= 4 is 34.6 Å². The highest BCUT2D eigenvalue weighted by molar-refractivity contribution is 6.35. The monoisotopic (exact) mass is 722 g/mol. The molecule has 0 radical (unpaired) electrons. The zero-order chi connectivity index (χ0) is 34.8. The molecule has 2 fully saturated rings. The van der Waals surface area contributed by atoms with Gasteiger partial charge >= 0.3 is 5.69 Å². The van der Waals surface area contributed by atoms with E-state index in [9.17, 15) is 4.79 Å². The molecular weight excluding hydrogens is 686 g/mol. The lowest BCUT2D eigenvalue weighted by Gasteiger charge is -2.37. The molecule has 0 aliphatic carbocycles. The van der Waals surface area contributed by atoms with Crippen molar-refractivity contribution in [2.24, 2.45) is 0 Å². The molecule has 4 heterocycles. The molecule has 0 spiro atoms. The molecule has 0 amide bonds. The van der Waals surface area contributed by atoms with Crippen molar-refractivity contribution in [3.63, 3.8) is 0 Å². The molecule has 50 heavy (non-hydrogen) atoms. The molecule has 2 saturated heterocycles. The second-order valence-electron chi connectivity index (χ2n) is 12.4. The Labute approximate surface area is 298 Å². The van der Waals surface area contributed by atoms with E-state index >= 15 is 4.39 Å². The van der Waals surface area contributed by atoms with E-state index in [1.165, 1.54) is 15.5 Å². The van der Waals surface area contributed by atoms with Crippen molar-refractivity contribution in [1.29, 1.82) is 0 Å². The van der Waals surface area contributed by atoms with E-state index in [0.29, 0.717) is 40.1 Å². The van der Waals surface area contributed by atoms with E-state index in [4.69, 9.17) is 37.4 Å². The summed E-state index contributed by atoms with van der Waals surface area (Å²) < 4.78 is 37.1. The van der Waals surface area contributed by atoms with E-state index < -0.39 is 11.9 Å². The van der Waals surface area contributed by atoms with Crippen LogP contribution in [0.15, 0.2) is 84.2 Å². The SMILES string of the molecule is CCC(C)n1ncn(-c2ccc(N3CCN(c4ccc(OCC5COC(Cn6nccn6)(c6ccc(Cl)cc6Cl)O5)cc4F)CC3)cc2)c1=O. The van der Waals surface area contributed by atoms with Gasteiger partial charge in [-0.05, 0) is 61.9 Å². The molecule has 2 aliphatic heterocycles. The molecule has 0 bridgehead atoms. The Bertz CT molecular complexity index is 1980. The van der Waals surface area contributed by atoms with Crippen LogP contribution in [0, 0.1) is 5.82 Å². The van der Waals surface area contributed by atoms with Crippen molar-refractivity contribution in [3.8, 4) is 11.4 Å². The van der Waals surface area contributed by atoms with Crippen LogP contribution in [0.25, 0.3) is 5.69 Å². The maximum absolute atomic E-state index is 15.4. The van der Waals surface area contributed by atoms with Gasteiger partial charge in [0.15, 0.2) is 0 Å². The third kappa shape index (κ3) is 6.95. The minimum absolute atomic E-state index is 0.0364. The van der Waals surface area contributed by atoms with Gasteiger partial charge in [-0.1, -0.05) is 36.2 Å². The summed E-state index contributed by atoms with van der Waals surface area (Å²) in [5.41, 5.74) is 2.77. The van der Waals surface area contributed by atoms with Crippen LogP contribution in [0.3, 0.4) is 0 Å². The van der Waals surface area contributed by atoms with Crippen molar-refractivity contribution < 1.29 is 18.6 Å². The van der Waals surface area contributed by atoms with Gasteiger partial charge in [-0.3, -0.25) is 0 Å². The Kier molecular flexibility index (Phi) is 9.82. The van der Waals surface area contributed by atoms with E-state index in [-0.39, 0.29) is 37.3 Å². The molecule has 0 saturated carbocycles. The van der Waals surface area contributed by atoms with Gasteiger partial charge in [0.25, 0.3) is 0 Å². The molecular formula is C35H37Cl2FN8O4. The largest absolute Gasteiger partial charge is 0.491 e. The highest BCUT2D eigenvalue weighted by Gasteiger charge is 2.46. The van der Waals surface area contributed by atoms with Crippen LogP contribution in [0.4, 0.5) is 15.8 Å². The molecule has 2 aliphatic rings. The number of ether oxygens (including phenoxy) is 3. The zero-order valence-corrected chi connectivity index (χ0v) is 29.2. The molecule has 3 unspecified atom stereocenters. The molecule has 5 aromatic rings. The summed E-state index contributed by atoms with van der Waals surface area (Å²) in [5, 5.41) is 13.6. The predicted molar refractivity (Wildman–Crippen MR) is 188 cm³/mol. The smallest absolute Gasteiger partial charge is 0.350 e. The summed E-state index contributed by atoms with van der Waals surface area (Å²) in [7, 11) is 0. The summed E-state index contributed by atoms with van der Waals surface area (Å²) >= 11 is 12.7. The number of piperazine rings is 1. The van der Waals surface area contributed by atoms with Gasteiger partial charge in [0, 0.05) is 48.5 Å². The number of halogens is 3. The van der Waals surface area contributed by atoms with Gasteiger partial charge in [-0.2, -0.15) is 20.1 Å². The number of anilines is 2. The van der Waals surface area contributed by atoms with Crippen molar-refractivity contribution in [2.45, 2.75) is 44.7 Å². The zero-order valence-electron chi connectivity index (χ0n) is 27.7. The third-order valence-corrected chi connectivity index (χ3v) is 9.74. The molecule has 262 valence electrons. The van der Waals surface area contributed by atoms with Crippen molar-refractivity contribution in [3.05, 3.63) is 111 Å². The number of benzene rings is 3. The van der Waals surface area contributed by atoms with Crippen LogP contribution < -0.4 is 20.2 Å². The Morgan fingerprint density at radius 2 is 1.68 bits per heavy atom. The summed E-state index contributed by atoms with van der Waals surface area (Å²) in [4.78, 5) is 18.6. The Balaban J connectivity index is 0.947. The number of hydrogen-bond donors (Lipinski definition) is 0. The molecule has 12 nitrogen and oxygen atoms in total. The Morgan fingerprint density at radius 1 is 0.960 bits per heavy atom. The lowest BCUT2D eigenvalue weighted by molar-refractivity contribution is -0.192. The van der Waals surface area contributed by atoms with Gasteiger partial charge in [0.05, 0.1) is 41.4 Å². The second kappa shape index (κ2) is 14.4. The standard InChI is InChI=1S/C35H37Cl2FN8O4/c1-3-24(2)46-34(47)44(23-41-46)27-7-5-26(6-8-27)42-14-16-43(17-15-42)33-11-9-28(19-32(33)38)48-20-29-21-49-35(50-29,22-45-39-12-13-40-45)30-10-4-25(36)18-31(30)37/h4-13,18-19,23-24,29H,3,14-17,20-22H2,1-2H3. The lowest BCUT2D eigenvalue weighted by atomic mass is 10.1. The molecule has 3 atom stereocenters. The van der Waals surface area contributed by atoms with E-state index in [0.717, 1.165) is 30.9 Å². The van der Waals surface area contributed by atoms with Crippen LogP contribution >= 0.6 is 23.2 Å². The Hall–Kier alpha value is -4.43. The second-order valence-corrected chi connectivity index (χ2v) is 13.2. The van der Waals surface area contributed by atoms with E-state index in [2.05, 4.69) is 20.2 Å². The molecule has 0 N–H and O–H groups in total. The van der Waals surface area contributed by atoms with Crippen LogP contribution in [-0.2, 0) is 21.8 Å². The number of aromatic nitrogens is 6. The van der Waals surface area contributed by atoms with Crippen molar-refractivity contribution in [2.75, 3.05) is 49.2 Å².